The summed E-state index contributed by atoms with van der Waals surface area (Å²) in [5.74, 6) is 0. The fourth-order valence-electron chi connectivity index (χ4n) is 2.14. The Hall–Kier alpha value is -0.810. The molecule has 0 saturated carbocycles. The zero-order chi connectivity index (χ0) is 9.26. The normalized spacial score (nSPS) is 37.4. The Morgan fingerprint density at radius 1 is 1.38 bits per heavy atom. The minimum Gasteiger partial charge on any atom is -0.352 e. The molecule has 1 unspecified atom stereocenters. The number of urea groups is 1. The van der Waals surface area contributed by atoms with Gasteiger partial charge in [0.25, 0.3) is 0 Å². The van der Waals surface area contributed by atoms with Gasteiger partial charge in [0.2, 0.25) is 0 Å². The molecule has 5 nitrogen and oxygen atoms in total. The summed E-state index contributed by atoms with van der Waals surface area (Å²) in [6.07, 6.45) is 0. The largest absolute Gasteiger partial charge is 0.352 e. The number of amides is 2. The van der Waals surface area contributed by atoms with Gasteiger partial charge >= 0.3 is 6.03 Å². The van der Waals surface area contributed by atoms with Crippen LogP contribution in [-0.2, 0) is 0 Å². The van der Waals surface area contributed by atoms with Crippen LogP contribution in [-0.4, -0.2) is 61.1 Å². The average Bonchev–Trinajstić information content (AvgIpc) is 2.17. The SMILES string of the molecule is NC(=O)NCC1CN2CCN1CC2. The molecule has 1 atom stereocenters. The monoisotopic (exact) mass is 184 g/mol. The van der Waals surface area contributed by atoms with E-state index in [2.05, 4.69) is 15.1 Å². The van der Waals surface area contributed by atoms with Crippen molar-refractivity contribution in [2.45, 2.75) is 6.04 Å². The number of hydrogen-bond donors (Lipinski definition) is 2. The number of nitrogens with one attached hydrogen (secondary N) is 1. The van der Waals surface area contributed by atoms with Crippen LogP contribution >= 0.6 is 0 Å². The lowest BCUT2D eigenvalue weighted by Crippen LogP contribution is -2.63. The lowest BCUT2D eigenvalue weighted by Gasteiger charge is -2.47. The summed E-state index contributed by atoms with van der Waals surface area (Å²) >= 11 is 0. The third kappa shape index (κ3) is 1.92. The van der Waals surface area contributed by atoms with Crippen molar-refractivity contribution in [2.24, 2.45) is 5.73 Å². The molecule has 0 aliphatic carbocycles. The van der Waals surface area contributed by atoms with Crippen LogP contribution in [0.15, 0.2) is 0 Å². The Labute approximate surface area is 77.9 Å². The first-order chi connectivity index (χ1) is 6.25. The summed E-state index contributed by atoms with van der Waals surface area (Å²) in [6, 6.07) is 0.0487. The first kappa shape index (κ1) is 8.77. The van der Waals surface area contributed by atoms with Crippen LogP contribution in [0.2, 0.25) is 0 Å². The van der Waals surface area contributed by atoms with E-state index in [4.69, 9.17) is 5.73 Å². The quantitative estimate of drug-likeness (QED) is 0.558. The van der Waals surface area contributed by atoms with Crippen molar-refractivity contribution in [1.82, 2.24) is 15.1 Å². The van der Waals surface area contributed by atoms with Crippen molar-refractivity contribution in [3.63, 3.8) is 0 Å². The maximum absolute atomic E-state index is 10.5. The maximum atomic E-state index is 10.5. The summed E-state index contributed by atoms with van der Waals surface area (Å²) in [7, 11) is 0. The Bertz CT molecular complexity index is 200. The number of carbonyl (C=O) groups excluding carboxylic acids is 1. The van der Waals surface area contributed by atoms with Gasteiger partial charge < -0.3 is 11.1 Å². The molecule has 2 bridgehead atoms. The van der Waals surface area contributed by atoms with Gasteiger partial charge in [0.1, 0.15) is 0 Å². The first-order valence-electron chi connectivity index (χ1n) is 4.75. The summed E-state index contributed by atoms with van der Waals surface area (Å²) in [4.78, 5) is 15.4. The van der Waals surface area contributed by atoms with Gasteiger partial charge in [-0.2, -0.15) is 0 Å². The van der Waals surface area contributed by atoms with Gasteiger partial charge in [0, 0.05) is 45.3 Å². The Morgan fingerprint density at radius 2 is 2.08 bits per heavy atom. The summed E-state index contributed by atoms with van der Waals surface area (Å²) in [5, 5.41) is 2.67. The zero-order valence-electron chi connectivity index (χ0n) is 7.70. The standard InChI is InChI=1S/C8H16N4O/c9-8(13)10-5-7-6-11-1-3-12(7)4-2-11/h7H,1-6H2,(H3,9,10,13). The highest BCUT2D eigenvalue weighted by molar-refractivity contribution is 5.71. The van der Waals surface area contributed by atoms with E-state index >= 15 is 0 Å². The Morgan fingerprint density at radius 3 is 2.54 bits per heavy atom. The molecule has 13 heavy (non-hydrogen) atoms. The van der Waals surface area contributed by atoms with Crippen LogP contribution < -0.4 is 11.1 Å². The predicted molar refractivity (Wildman–Crippen MR) is 49.4 cm³/mol. The lowest BCUT2D eigenvalue weighted by molar-refractivity contribution is 0.0149. The second kappa shape index (κ2) is 3.51. The second-order valence-corrected chi connectivity index (χ2v) is 3.74. The predicted octanol–water partition coefficient (Wildman–Crippen LogP) is -1.35. The molecule has 0 aromatic carbocycles. The molecule has 3 fully saturated rings. The summed E-state index contributed by atoms with van der Waals surface area (Å²) in [6.45, 7) is 6.36. The number of rotatable bonds is 2. The lowest BCUT2D eigenvalue weighted by atomic mass is 10.1. The minimum atomic E-state index is -0.419. The van der Waals surface area contributed by atoms with Gasteiger partial charge in [-0.05, 0) is 0 Å². The molecule has 5 heteroatoms. The summed E-state index contributed by atoms with van der Waals surface area (Å²) < 4.78 is 0. The number of hydrogen-bond acceptors (Lipinski definition) is 3. The molecule has 3 N–H and O–H groups in total. The summed E-state index contributed by atoms with van der Waals surface area (Å²) in [5.41, 5.74) is 5.03. The van der Waals surface area contributed by atoms with E-state index in [1.165, 1.54) is 13.1 Å². The van der Waals surface area contributed by atoms with Crippen LogP contribution in [0.4, 0.5) is 4.79 Å². The highest BCUT2D eigenvalue weighted by Gasteiger charge is 2.31. The van der Waals surface area contributed by atoms with Gasteiger partial charge in [0.05, 0.1) is 0 Å². The maximum Gasteiger partial charge on any atom is 0.312 e. The molecular formula is C8H16N4O. The zero-order valence-corrected chi connectivity index (χ0v) is 7.70. The topological polar surface area (TPSA) is 61.6 Å². The molecule has 3 heterocycles. The number of primary amides is 1. The number of nitrogens with zero attached hydrogens (tertiary/aromatic N) is 2. The highest BCUT2D eigenvalue weighted by Crippen LogP contribution is 2.14. The highest BCUT2D eigenvalue weighted by atomic mass is 16.2. The van der Waals surface area contributed by atoms with Crippen LogP contribution in [0.3, 0.4) is 0 Å². The Balaban J connectivity index is 1.83. The molecule has 2 amide bonds. The molecule has 3 aliphatic heterocycles. The van der Waals surface area contributed by atoms with E-state index in [9.17, 15) is 4.79 Å². The number of carbonyl (C=O) groups is 1. The van der Waals surface area contributed by atoms with Crippen molar-refractivity contribution in [2.75, 3.05) is 39.3 Å². The van der Waals surface area contributed by atoms with Crippen LogP contribution in [0.1, 0.15) is 0 Å². The smallest absolute Gasteiger partial charge is 0.312 e. The number of nitrogens with two attached hydrogens (primary N) is 1. The van der Waals surface area contributed by atoms with Crippen molar-refractivity contribution in [3.05, 3.63) is 0 Å². The van der Waals surface area contributed by atoms with Crippen molar-refractivity contribution >= 4 is 6.03 Å². The van der Waals surface area contributed by atoms with E-state index in [0.717, 1.165) is 19.6 Å². The van der Waals surface area contributed by atoms with E-state index in [-0.39, 0.29) is 0 Å². The fraction of sp³-hybridized carbons (Fsp3) is 0.875. The van der Waals surface area contributed by atoms with Crippen LogP contribution in [0.25, 0.3) is 0 Å². The molecule has 0 radical (unpaired) electrons. The second-order valence-electron chi connectivity index (χ2n) is 3.74. The van der Waals surface area contributed by atoms with Crippen molar-refractivity contribution in [3.8, 4) is 0 Å². The van der Waals surface area contributed by atoms with Gasteiger partial charge in [-0.25, -0.2) is 4.79 Å². The molecule has 0 aromatic rings. The molecule has 0 aromatic heterocycles. The van der Waals surface area contributed by atoms with Gasteiger partial charge in [-0.1, -0.05) is 0 Å². The van der Waals surface area contributed by atoms with E-state index in [0.29, 0.717) is 12.6 Å². The van der Waals surface area contributed by atoms with E-state index < -0.39 is 6.03 Å². The molecular weight excluding hydrogens is 168 g/mol. The molecule has 0 spiro atoms. The first-order valence-corrected chi connectivity index (χ1v) is 4.75. The molecule has 3 aliphatic rings. The average molecular weight is 184 g/mol. The third-order valence-electron chi connectivity index (χ3n) is 2.90. The van der Waals surface area contributed by atoms with Crippen LogP contribution in [0, 0.1) is 0 Å². The third-order valence-corrected chi connectivity index (χ3v) is 2.90. The molecule has 3 saturated heterocycles. The fourth-order valence-corrected chi connectivity index (χ4v) is 2.14. The van der Waals surface area contributed by atoms with E-state index in [1.807, 2.05) is 0 Å². The van der Waals surface area contributed by atoms with Crippen molar-refractivity contribution < 1.29 is 4.79 Å². The van der Waals surface area contributed by atoms with E-state index in [1.54, 1.807) is 0 Å². The Kier molecular flexibility index (Phi) is 2.37. The van der Waals surface area contributed by atoms with Gasteiger partial charge in [-0.3, -0.25) is 9.80 Å². The van der Waals surface area contributed by atoms with Gasteiger partial charge in [-0.15, -0.1) is 0 Å². The number of piperazine rings is 3. The van der Waals surface area contributed by atoms with Crippen molar-refractivity contribution in [1.29, 1.82) is 0 Å². The number of fused-ring (bicyclic) bond motifs is 3. The minimum absolute atomic E-state index is 0.419. The molecule has 3 rings (SSSR count). The molecule has 74 valence electrons. The van der Waals surface area contributed by atoms with Crippen LogP contribution in [0.5, 0.6) is 0 Å². The van der Waals surface area contributed by atoms with Gasteiger partial charge in [0.15, 0.2) is 0 Å².